The molecule has 0 heterocycles. The van der Waals surface area contributed by atoms with Crippen molar-refractivity contribution in [1.29, 1.82) is 0 Å². The second-order valence-corrected chi connectivity index (χ2v) is 1.95. The molecular formula is C8H6NO2+. The molecule has 0 unspecified atom stereocenters. The molecule has 0 aliphatic rings. The van der Waals surface area contributed by atoms with Gasteiger partial charge in [0.05, 0.1) is 0 Å². The van der Waals surface area contributed by atoms with Crippen LogP contribution in [0.3, 0.4) is 0 Å². The van der Waals surface area contributed by atoms with Crippen LogP contribution in [-0.2, 0) is 0 Å². The van der Waals surface area contributed by atoms with E-state index in [0.717, 1.165) is 0 Å². The molecule has 0 aliphatic carbocycles. The Morgan fingerprint density at radius 3 is 2.55 bits per heavy atom. The second kappa shape index (κ2) is 2.84. The number of rotatable bonds is 1. The molecule has 0 amide bonds. The number of carboxylic acid groups (broad SMARTS) is 1. The summed E-state index contributed by atoms with van der Waals surface area (Å²) in [5.74, 6) is -1.02. The van der Waals surface area contributed by atoms with Crippen LogP contribution in [0.4, 0.5) is 5.69 Å². The summed E-state index contributed by atoms with van der Waals surface area (Å²) in [6, 6.07) is 6.30. The summed E-state index contributed by atoms with van der Waals surface area (Å²) in [5.41, 5.74) is 0.412. The Labute approximate surface area is 63.7 Å². The molecule has 0 spiro atoms. The van der Waals surface area contributed by atoms with Crippen molar-refractivity contribution in [2.45, 2.75) is 0 Å². The first kappa shape index (κ1) is 7.29. The standard InChI is InChI=1S/C8H5NO2/c1-9-7-5-3-2-4-6(7)8(10)11/h1-5H/p+1. The zero-order chi connectivity index (χ0) is 8.27. The van der Waals surface area contributed by atoms with E-state index in [9.17, 15) is 4.79 Å². The monoisotopic (exact) mass is 148 g/mol. The summed E-state index contributed by atoms with van der Waals surface area (Å²) in [7, 11) is 0. The van der Waals surface area contributed by atoms with Crippen LogP contribution in [0.1, 0.15) is 10.4 Å². The van der Waals surface area contributed by atoms with Crippen molar-refractivity contribution in [1.82, 2.24) is 0 Å². The molecule has 1 aromatic carbocycles. The highest BCUT2D eigenvalue weighted by Crippen LogP contribution is 2.17. The Hall–Kier alpha value is -1.82. The Morgan fingerprint density at radius 2 is 2.09 bits per heavy atom. The highest BCUT2D eigenvalue weighted by atomic mass is 16.4. The van der Waals surface area contributed by atoms with Gasteiger partial charge in [-0.1, -0.05) is 12.1 Å². The number of aromatic carboxylic acids is 1. The molecular weight excluding hydrogens is 142 g/mol. The summed E-state index contributed by atoms with van der Waals surface area (Å²) in [4.78, 5) is 13.8. The Morgan fingerprint density at radius 1 is 1.45 bits per heavy atom. The molecule has 3 nitrogen and oxygen atoms in total. The van der Waals surface area contributed by atoms with Gasteiger partial charge < -0.3 is 5.11 Å². The van der Waals surface area contributed by atoms with Gasteiger partial charge in [0.1, 0.15) is 0 Å². The summed E-state index contributed by atoms with van der Waals surface area (Å²) >= 11 is 0. The van der Waals surface area contributed by atoms with E-state index < -0.39 is 5.97 Å². The van der Waals surface area contributed by atoms with Crippen molar-refractivity contribution in [3.8, 4) is 6.57 Å². The molecule has 0 saturated carbocycles. The van der Waals surface area contributed by atoms with E-state index >= 15 is 0 Å². The molecule has 0 saturated heterocycles. The molecule has 1 aromatic rings. The highest BCUT2D eigenvalue weighted by Gasteiger charge is 2.14. The van der Waals surface area contributed by atoms with E-state index in [-0.39, 0.29) is 5.56 Å². The quantitative estimate of drug-likeness (QED) is 0.661. The molecule has 11 heavy (non-hydrogen) atoms. The molecule has 0 fully saturated rings. The molecule has 0 bridgehead atoms. The molecule has 3 heteroatoms. The topological polar surface area (TPSA) is 41.7 Å². The molecule has 0 aliphatic heterocycles. The van der Waals surface area contributed by atoms with Crippen molar-refractivity contribution in [3.63, 3.8) is 0 Å². The van der Waals surface area contributed by atoms with Crippen LogP contribution in [0.2, 0.25) is 0 Å². The first-order chi connectivity index (χ1) is 5.25. The number of hydrogen-bond acceptors (Lipinski definition) is 1. The van der Waals surface area contributed by atoms with Gasteiger partial charge in [-0.2, -0.15) is 0 Å². The fourth-order valence-corrected chi connectivity index (χ4v) is 0.767. The lowest BCUT2D eigenvalue weighted by molar-refractivity contribution is 0.0698. The minimum absolute atomic E-state index is 0.120. The number of carbonyl (C=O) groups is 1. The van der Waals surface area contributed by atoms with Crippen LogP contribution in [0.5, 0.6) is 0 Å². The normalized spacial score (nSPS) is 8.64. The maximum atomic E-state index is 10.5. The highest BCUT2D eigenvalue weighted by molar-refractivity contribution is 5.94. The lowest BCUT2D eigenvalue weighted by Gasteiger charge is -1.87. The Kier molecular flexibility index (Phi) is 1.88. The number of nitrogens with zero attached hydrogens (tertiary/aromatic N) is 1. The van der Waals surface area contributed by atoms with Gasteiger partial charge in [-0.3, -0.25) is 0 Å². The largest absolute Gasteiger partial charge is 0.477 e. The van der Waals surface area contributed by atoms with Gasteiger partial charge in [-0.05, 0) is 10.9 Å². The molecule has 0 atom stereocenters. The first-order valence-electron chi connectivity index (χ1n) is 2.99. The number of benzene rings is 1. The van der Waals surface area contributed by atoms with Gasteiger partial charge in [-0.25, -0.2) is 4.79 Å². The van der Waals surface area contributed by atoms with Crippen molar-refractivity contribution >= 4 is 11.7 Å². The third-order valence-electron chi connectivity index (χ3n) is 1.27. The van der Waals surface area contributed by atoms with Gasteiger partial charge in [0, 0.05) is 6.07 Å². The van der Waals surface area contributed by atoms with Crippen molar-refractivity contribution in [2.24, 2.45) is 0 Å². The van der Waals surface area contributed by atoms with Crippen LogP contribution in [0, 0.1) is 6.57 Å². The van der Waals surface area contributed by atoms with Crippen LogP contribution < -0.4 is 0 Å². The smallest absolute Gasteiger partial charge is 0.354 e. The van der Waals surface area contributed by atoms with Gasteiger partial charge in [-0.15, -0.1) is 0 Å². The number of para-hydroxylation sites is 1. The minimum atomic E-state index is -1.02. The second-order valence-electron chi connectivity index (χ2n) is 1.95. The summed E-state index contributed by atoms with van der Waals surface area (Å²) in [6.07, 6.45) is 0. The zero-order valence-electron chi connectivity index (χ0n) is 5.69. The van der Waals surface area contributed by atoms with Gasteiger partial charge in [0.15, 0.2) is 5.56 Å². The molecule has 0 radical (unpaired) electrons. The summed E-state index contributed by atoms with van der Waals surface area (Å²) < 4.78 is 0. The summed E-state index contributed by atoms with van der Waals surface area (Å²) in [5, 5.41) is 8.58. The van der Waals surface area contributed by atoms with Crippen molar-refractivity contribution < 1.29 is 9.90 Å². The number of carboxylic acids is 1. The van der Waals surface area contributed by atoms with Gasteiger partial charge in [0.25, 0.3) is 6.57 Å². The minimum Gasteiger partial charge on any atom is -0.477 e. The Bertz CT molecular complexity index is 325. The predicted octanol–water partition coefficient (Wildman–Crippen LogP) is 1.98. The van der Waals surface area contributed by atoms with Crippen LogP contribution >= 0.6 is 0 Å². The summed E-state index contributed by atoms with van der Waals surface area (Å²) in [6.45, 7) is 4.95. The van der Waals surface area contributed by atoms with E-state index in [4.69, 9.17) is 11.7 Å². The van der Waals surface area contributed by atoms with Crippen LogP contribution in [0.15, 0.2) is 24.3 Å². The predicted molar refractivity (Wildman–Crippen MR) is 41.4 cm³/mol. The van der Waals surface area contributed by atoms with Crippen molar-refractivity contribution in [2.75, 3.05) is 0 Å². The SMILES string of the molecule is C#[N+]c1ccccc1C(=O)O. The third-order valence-corrected chi connectivity index (χ3v) is 1.27. The van der Waals surface area contributed by atoms with E-state index in [1.54, 1.807) is 18.2 Å². The average Bonchev–Trinajstić information content (AvgIpc) is 2.04. The third kappa shape index (κ3) is 1.36. The molecule has 1 rings (SSSR count). The lowest BCUT2D eigenvalue weighted by Crippen LogP contribution is -1.94. The average molecular weight is 148 g/mol. The van der Waals surface area contributed by atoms with Crippen LogP contribution in [0.25, 0.3) is 4.85 Å². The lowest BCUT2D eigenvalue weighted by atomic mass is 10.2. The number of hydrogen-bond donors (Lipinski definition) is 1. The van der Waals surface area contributed by atoms with E-state index in [0.29, 0.717) is 5.69 Å². The van der Waals surface area contributed by atoms with Crippen LogP contribution in [-0.4, -0.2) is 11.1 Å². The maximum absolute atomic E-state index is 10.5. The van der Waals surface area contributed by atoms with Gasteiger partial charge >= 0.3 is 11.7 Å². The maximum Gasteiger partial charge on any atom is 0.354 e. The Balaban J connectivity index is 3.26. The van der Waals surface area contributed by atoms with E-state index in [1.807, 2.05) is 0 Å². The van der Waals surface area contributed by atoms with E-state index in [2.05, 4.69) is 4.85 Å². The van der Waals surface area contributed by atoms with Crippen molar-refractivity contribution in [3.05, 3.63) is 34.7 Å². The fourth-order valence-electron chi connectivity index (χ4n) is 0.767. The fraction of sp³-hybridized carbons (Fsp3) is 0. The molecule has 1 N–H and O–H groups in total. The molecule has 54 valence electrons. The zero-order valence-corrected chi connectivity index (χ0v) is 5.69. The molecule has 0 aromatic heterocycles. The van der Waals surface area contributed by atoms with E-state index in [1.165, 1.54) is 6.07 Å². The first-order valence-corrected chi connectivity index (χ1v) is 2.99. The van der Waals surface area contributed by atoms with Gasteiger partial charge in [0.2, 0.25) is 0 Å².